The van der Waals surface area contributed by atoms with E-state index in [0.29, 0.717) is 12.0 Å². The lowest BCUT2D eigenvalue weighted by Crippen LogP contribution is -2.23. The van der Waals surface area contributed by atoms with E-state index < -0.39 is 0 Å². The number of rotatable bonds is 4. The lowest BCUT2D eigenvalue weighted by molar-refractivity contribution is 0.400. The van der Waals surface area contributed by atoms with Crippen LogP contribution in [-0.2, 0) is 0 Å². The minimum absolute atomic E-state index is 0.460. The van der Waals surface area contributed by atoms with Gasteiger partial charge in [0.1, 0.15) is 0 Å². The third kappa shape index (κ3) is 3.05. The average molecular weight is 270 g/mol. The highest BCUT2D eigenvalue weighted by Gasteiger charge is 2.16. The smallest absolute Gasteiger partial charge is 0.0343 e. The van der Waals surface area contributed by atoms with Crippen LogP contribution in [0.25, 0.3) is 0 Å². The fourth-order valence-electron chi connectivity index (χ4n) is 1.88. The first-order chi connectivity index (χ1) is 7.10. The Hall–Kier alpha value is -0.340. The molecule has 0 heterocycles. The summed E-state index contributed by atoms with van der Waals surface area (Å²) in [6.45, 7) is 6.66. The molecule has 0 spiro atoms. The van der Waals surface area contributed by atoms with E-state index >= 15 is 0 Å². The molecule has 0 fully saturated rings. The first kappa shape index (κ1) is 12.7. The van der Waals surface area contributed by atoms with E-state index in [1.54, 1.807) is 0 Å². The van der Waals surface area contributed by atoms with Gasteiger partial charge in [0.05, 0.1) is 0 Å². The maximum atomic E-state index is 3.53. The largest absolute Gasteiger partial charge is 0.313 e. The van der Waals surface area contributed by atoms with Crippen molar-refractivity contribution >= 4 is 15.9 Å². The molecule has 84 valence electrons. The molecule has 1 N–H and O–H groups in total. The molecule has 1 aromatic carbocycles. The predicted octanol–water partition coefficient (Wildman–Crippen LogP) is 4.06. The lowest BCUT2D eigenvalue weighted by atomic mass is 9.92. The predicted molar refractivity (Wildman–Crippen MR) is 70.1 cm³/mol. The topological polar surface area (TPSA) is 12.0 Å². The lowest BCUT2D eigenvalue weighted by Gasteiger charge is -2.23. The molecule has 0 saturated heterocycles. The Labute approximate surface area is 101 Å². The second kappa shape index (κ2) is 5.66. The van der Waals surface area contributed by atoms with Crippen molar-refractivity contribution in [3.8, 4) is 0 Å². The standard InChI is InChI=1S/C13H20BrN/c1-5-9(2)13(15-4)11-6-7-12(14)10(3)8-11/h6-9,13,15H,5H2,1-4H3. The zero-order valence-corrected chi connectivity index (χ0v) is 11.6. The molecule has 1 nitrogen and oxygen atoms in total. The third-order valence-electron chi connectivity index (χ3n) is 3.07. The van der Waals surface area contributed by atoms with E-state index in [0.717, 1.165) is 0 Å². The van der Waals surface area contributed by atoms with Crippen LogP contribution in [0.5, 0.6) is 0 Å². The number of benzene rings is 1. The van der Waals surface area contributed by atoms with Crippen LogP contribution in [0, 0.1) is 12.8 Å². The molecule has 1 rings (SSSR count). The van der Waals surface area contributed by atoms with Crippen LogP contribution in [0.15, 0.2) is 22.7 Å². The van der Waals surface area contributed by atoms with Gasteiger partial charge in [0.15, 0.2) is 0 Å². The van der Waals surface area contributed by atoms with Crippen molar-refractivity contribution in [3.63, 3.8) is 0 Å². The summed E-state index contributed by atoms with van der Waals surface area (Å²) in [4.78, 5) is 0. The summed E-state index contributed by atoms with van der Waals surface area (Å²) < 4.78 is 1.19. The highest BCUT2D eigenvalue weighted by atomic mass is 79.9. The fraction of sp³-hybridized carbons (Fsp3) is 0.538. The Morgan fingerprint density at radius 1 is 1.40 bits per heavy atom. The molecular weight excluding hydrogens is 250 g/mol. The highest BCUT2D eigenvalue weighted by molar-refractivity contribution is 9.10. The maximum Gasteiger partial charge on any atom is 0.0343 e. The van der Waals surface area contributed by atoms with Crippen molar-refractivity contribution in [2.24, 2.45) is 5.92 Å². The van der Waals surface area contributed by atoms with Gasteiger partial charge in [-0.3, -0.25) is 0 Å². The van der Waals surface area contributed by atoms with Crippen LogP contribution in [0.1, 0.15) is 37.4 Å². The molecule has 15 heavy (non-hydrogen) atoms. The van der Waals surface area contributed by atoms with Crippen molar-refractivity contribution in [1.29, 1.82) is 0 Å². The van der Waals surface area contributed by atoms with Crippen LogP contribution < -0.4 is 5.32 Å². The molecule has 0 aromatic heterocycles. The minimum atomic E-state index is 0.460. The molecular formula is C13H20BrN. The third-order valence-corrected chi connectivity index (χ3v) is 3.95. The summed E-state index contributed by atoms with van der Waals surface area (Å²) in [5.74, 6) is 0.663. The molecule has 0 saturated carbocycles. The second-order valence-electron chi connectivity index (χ2n) is 4.16. The minimum Gasteiger partial charge on any atom is -0.313 e. The Bertz CT molecular complexity index is 322. The van der Waals surface area contributed by atoms with Crippen molar-refractivity contribution in [2.45, 2.75) is 33.2 Å². The molecule has 1 aromatic rings. The van der Waals surface area contributed by atoms with E-state index in [2.05, 4.69) is 60.2 Å². The van der Waals surface area contributed by atoms with Gasteiger partial charge in [-0.15, -0.1) is 0 Å². The van der Waals surface area contributed by atoms with Gasteiger partial charge in [-0.05, 0) is 37.1 Å². The van der Waals surface area contributed by atoms with Gasteiger partial charge < -0.3 is 5.32 Å². The molecule has 0 aliphatic rings. The summed E-state index contributed by atoms with van der Waals surface area (Å²) in [5, 5.41) is 3.40. The van der Waals surface area contributed by atoms with E-state index in [1.807, 2.05) is 7.05 Å². The zero-order chi connectivity index (χ0) is 11.4. The number of hydrogen-bond donors (Lipinski definition) is 1. The Balaban J connectivity index is 2.97. The van der Waals surface area contributed by atoms with Gasteiger partial charge in [0, 0.05) is 10.5 Å². The molecule has 2 unspecified atom stereocenters. The van der Waals surface area contributed by atoms with Crippen LogP contribution in [0.2, 0.25) is 0 Å². The highest BCUT2D eigenvalue weighted by Crippen LogP contribution is 2.27. The van der Waals surface area contributed by atoms with Gasteiger partial charge in [0.25, 0.3) is 0 Å². The molecule has 2 atom stereocenters. The summed E-state index contributed by atoms with van der Waals surface area (Å²) in [7, 11) is 2.04. The van der Waals surface area contributed by atoms with Gasteiger partial charge in [-0.25, -0.2) is 0 Å². The Kier molecular flexibility index (Phi) is 4.81. The first-order valence-corrected chi connectivity index (χ1v) is 6.32. The SMILES string of the molecule is CCC(C)C(NC)c1ccc(Br)c(C)c1. The van der Waals surface area contributed by atoms with Crippen molar-refractivity contribution in [2.75, 3.05) is 7.05 Å². The van der Waals surface area contributed by atoms with Gasteiger partial charge >= 0.3 is 0 Å². The molecule has 0 amide bonds. The maximum absolute atomic E-state index is 3.53. The first-order valence-electron chi connectivity index (χ1n) is 5.53. The average Bonchev–Trinajstić information content (AvgIpc) is 2.24. The van der Waals surface area contributed by atoms with Crippen LogP contribution in [-0.4, -0.2) is 7.05 Å². The van der Waals surface area contributed by atoms with Gasteiger partial charge in [0.2, 0.25) is 0 Å². The monoisotopic (exact) mass is 269 g/mol. The molecule has 0 bridgehead atoms. The van der Waals surface area contributed by atoms with Crippen molar-refractivity contribution in [3.05, 3.63) is 33.8 Å². The number of halogens is 1. The zero-order valence-electron chi connectivity index (χ0n) is 9.97. The van der Waals surface area contributed by atoms with Crippen LogP contribution >= 0.6 is 15.9 Å². The summed E-state index contributed by atoms with van der Waals surface area (Å²) in [5.41, 5.74) is 2.68. The Morgan fingerprint density at radius 3 is 2.53 bits per heavy atom. The number of nitrogens with one attached hydrogen (secondary N) is 1. The normalized spacial score (nSPS) is 15.0. The quantitative estimate of drug-likeness (QED) is 0.869. The van der Waals surface area contributed by atoms with Gasteiger partial charge in [-0.1, -0.05) is 48.3 Å². The van der Waals surface area contributed by atoms with Crippen molar-refractivity contribution < 1.29 is 0 Å². The Morgan fingerprint density at radius 2 is 2.07 bits per heavy atom. The molecule has 0 aliphatic carbocycles. The van der Waals surface area contributed by atoms with Crippen LogP contribution in [0.4, 0.5) is 0 Å². The van der Waals surface area contributed by atoms with E-state index in [-0.39, 0.29) is 0 Å². The molecule has 0 aliphatic heterocycles. The summed E-state index contributed by atoms with van der Waals surface area (Å²) in [6, 6.07) is 7.06. The van der Waals surface area contributed by atoms with Crippen molar-refractivity contribution in [1.82, 2.24) is 5.32 Å². The van der Waals surface area contributed by atoms with E-state index in [9.17, 15) is 0 Å². The van der Waals surface area contributed by atoms with Gasteiger partial charge in [-0.2, -0.15) is 0 Å². The van der Waals surface area contributed by atoms with E-state index in [4.69, 9.17) is 0 Å². The number of hydrogen-bond acceptors (Lipinski definition) is 1. The van der Waals surface area contributed by atoms with E-state index in [1.165, 1.54) is 22.0 Å². The summed E-state index contributed by atoms with van der Waals surface area (Å²) >= 11 is 3.53. The molecule has 2 heteroatoms. The van der Waals surface area contributed by atoms with Crippen LogP contribution in [0.3, 0.4) is 0 Å². The second-order valence-corrected chi connectivity index (χ2v) is 5.01. The molecule has 0 radical (unpaired) electrons. The fourth-order valence-corrected chi connectivity index (χ4v) is 2.12. The summed E-state index contributed by atoms with van der Waals surface area (Å²) in [6.07, 6.45) is 1.20. The number of aryl methyl sites for hydroxylation is 1.